The minimum Gasteiger partial charge on any atom is -0.378 e. The lowest BCUT2D eigenvalue weighted by Gasteiger charge is -2.07. The molecule has 0 radical (unpaired) electrons. The van der Waals surface area contributed by atoms with Gasteiger partial charge in [0.15, 0.2) is 0 Å². The van der Waals surface area contributed by atoms with Gasteiger partial charge in [0, 0.05) is 12.0 Å². The summed E-state index contributed by atoms with van der Waals surface area (Å²) in [6.45, 7) is 2.38. The Kier molecular flexibility index (Phi) is 5.39. The van der Waals surface area contributed by atoms with Gasteiger partial charge in [-0.15, -0.1) is 11.8 Å². The van der Waals surface area contributed by atoms with Crippen LogP contribution in [0.15, 0.2) is 38.4 Å². The smallest absolute Gasteiger partial charge is 0.265 e. The van der Waals surface area contributed by atoms with Crippen molar-refractivity contribution in [2.24, 2.45) is 0 Å². The summed E-state index contributed by atoms with van der Waals surface area (Å²) in [5.74, 6) is 1.27. The van der Waals surface area contributed by atoms with E-state index in [0.717, 1.165) is 0 Å². The van der Waals surface area contributed by atoms with Crippen molar-refractivity contribution in [1.82, 2.24) is 9.97 Å². The van der Waals surface area contributed by atoms with Gasteiger partial charge < -0.3 is 9.72 Å². The fourth-order valence-electron chi connectivity index (χ4n) is 1.72. The van der Waals surface area contributed by atoms with Crippen LogP contribution in [0.4, 0.5) is 0 Å². The number of H-pyrrole nitrogens is 1. The third-order valence-electron chi connectivity index (χ3n) is 2.72. The molecular weight excluding hydrogens is 340 g/mol. The van der Waals surface area contributed by atoms with Crippen LogP contribution < -0.4 is 5.56 Å². The van der Waals surface area contributed by atoms with Crippen molar-refractivity contribution in [1.29, 1.82) is 0 Å². The van der Waals surface area contributed by atoms with Crippen LogP contribution in [0, 0.1) is 6.92 Å². The van der Waals surface area contributed by atoms with Gasteiger partial charge in [0.2, 0.25) is 0 Å². The van der Waals surface area contributed by atoms with E-state index < -0.39 is 0 Å². The van der Waals surface area contributed by atoms with Gasteiger partial charge >= 0.3 is 0 Å². The van der Waals surface area contributed by atoms with Crippen molar-refractivity contribution < 1.29 is 4.74 Å². The second-order valence-corrected chi connectivity index (χ2v) is 6.07. The lowest BCUT2D eigenvalue weighted by Crippen LogP contribution is -2.15. The van der Waals surface area contributed by atoms with Crippen molar-refractivity contribution in [2.75, 3.05) is 7.11 Å². The molecule has 2 rings (SSSR count). The monoisotopic (exact) mass is 354 g/mol. The topological polar surface area (TPSA) is 55.0 Å². The summed E-state index contributed by atoms with van der Waals surface area (Å²) in [5, 5.41) is 0. The Morgan fingerprint density at radius 1 is 1.40 bits per heavy atom. The van der Waals surface area contributed by atoms with Gasteiger partial charge in [0.1, 0.15) is 10.3 Å². The number of thioether (sulfide) groups is 1. The molecule has 106 valence electrons. The Bertz CT molecular complexity index is 658. The molecule has 0 saturated heterocycles. The van der Waals surface area contributed by atoms with Crippen LogP contribution in [0.25, 0.3) is 0 Å². The van der Waals surface area contributed by atoms with Crippen LogP contribution >= 0.6 is 27.7 Å². The highest BCUT2D eigenvalue weighted by molar-refractivity contribution is 9.10. The normalized spacial score (nSPS) is 10.8. The fourth-order valence-corrected chi connectivity index (χ4v) is 2.92. The molecule has 4 nitrogen and oxygen atoms in total. The summed E-state index contributed by atoms with van der Waals surface area (Å²) in [6.07, 6.45) is 0. The molecule has 0 fully saturated rings. The number of rotatable bonds is 5. The van der Waals surface area contributed by atoms with Gasteiger partial charge in [0.05, 0.1) is 18.1 Å². The van der Waals surface area contributed by atoms with E-state index in [4.69, 9.17) is 4.74 Å². The van der Waals surface area contributed by atoms with Gasteiger partial charge in [-0.2, -0.15) is 0 Å². The Morgan fingerprint density at radius 3 is 2.85 bits per heavy atom. The molecule has 1 heterocycles. The molecule has 20 heavy (non-hydrogen) atoms. The number of aromatic nitrogens is 2. The molecule has 0 saturated carbocycles. The van der Waals surface area contributed by atoms with Crippen LogP contribution in [0.1, 0.15) is 17.1 Å². The van der Waals surface area contributed by atoms with E-state index in [0.29, 0.717) is 28.4 Å². The van der Waals surface area contributed by atoms with E-state index in [9.17, 15) is 4.79 Å². The molecule has 1 aromatic carbocycles. The van der Waals surface area contributed by atoms with Crippen molar-refractivity contribution in [3.8, 4) is 0 Å². The standard InChI is InChI=1S/C14H15BrN2O2S/c1-9-5-3-4-6-11(9)20-8-12-16-10(7-19-2)13(15)14(18)17-12/h3-6H,7-8H2,1-2H3,(H,16,17,18). The first-order valence-corrected chi connectivity index (χ1v) is 7.84. The number of aryl methyl sites for hydroxylation is 1. The Balaban J connectivity index is 2.18. The zero-order valence-electron chi connectivity index (χ0n) is 11.3. The SMILES string of the molecule is COCc1nc(CSc2ccccc2C)[nH]c(=O)c1Br. The lowest BCUT2D eigenvalue weighted by atomic mass is 10.2. The molecule has 1 N–H and O–H groups in total. The summed E-state index contributed by atoms with van der Waals surface area (Å²) in [4.78, 5) is 20.2. The van der Waals surface area contributed by atoms with Crippen LogP contribution in [0.5, 0.6) is 0 Å². The molecule has 0 aliphatic rings. The number of nitrogens with zero attached hydrogens (tertiary/aromatic N) is 1. The van der Waals surface area contributed by atoms with Gasteiger partial charge in [-0.25, -0.2) is 4.98 Å². The number of aromatic amines is 1. The maximum absolute atomic E-state index is 11.8. The minimum atomic E-state index is -0.174. The molecule has 2 aromatic rings. The number of hydrogen-bond acceptors (Lipinski definition) is 4. The number of benzene rings is 1. The molecule has 0 unspecified atom stereocenters. The number of halogens is 1. The van der Waals surface area contributed by atoms with Crippen molar-refractivity contribution >= 4 is 27.7 Å². The summed E-state index contributed by atoms with van der Waals surface area (Å²) in [7, 11) is 1.58. The largest absolute Gasteiger partial charge is 0.378 e. The van der Waals surface area contributed by atoms with Crippen LogP contribution in [0.3, 0.4) is 0 Å². The Labute approximate surface area is 130 Å². The molecule has 0 spiro atoms. The molecule has 0 amide bonds. The Morgan fingerprint density at radius 2 is 2.15 bits per heavy atom. The number of nitrogens with one attached hydrogen (secondary N) is 1. The predicted molar refractivity (Wildman–Crippen MR) is 84.0 cm³/mol. The number of methoxy groups -OCH3 is 1. The summed E-state index contributed by atoms with van der Waals surface area (Å²) in [5.41, 5.74) is 1.66. The first-order valence-electron chi connectivity index (χ1n) is 6.06. The van der Waals surface area contributed by atoms with Crippen LogP contribution in [-0.2, 0) is 17.1 Å². The zero-order chi connectivity index (χ0) is 14.5. The van der Waals surface area contributed by atoms with Crippen molar-refractivity contribution in [2.45, 2.75) is 24.2 Å². The van der Waals surface area contributed by atoms with Gasteiger partial charge in [0.25, 0.3) is 5.56 Å². The van der Waals surface area contributed by atoms with E-state index in [1.54, 1.807) is 18.9 Å². The van der Waals surface area contributed by atoms with E-state index >= 15 is 0 Å². The van der Waals surface area contributed by atoms with Gasteiger partial charge in [-0.1, -0.05) is 18.2 Å². The summed E-state index contributed by atoms with van der Waals surface area (Å²) >= 11 is 4.88. The molecule has 0 aliphatic carbocycles. The third-order valence-corrected chi connectivity index (χ3v) is 4.72. The molecule has 0 atom stereocenters. The number of hydrogen-bond donors (Lipinski definition) is 1. The fraction of sp³-hybridized carbons (Fsp3) is 0.286. The molecule has 1 aromatic heterocycles. The van der Waals surface area contributed by atoms with E-state index in [-0.39, 0.29) is 5.56 Å². The van der Waals surface area contributed by atoms with Crippen LogP contribution in [0.2, 0.25) is 0 Å². The maximum Gasteiger partial charge on any atom is 0.265 e. The summed E-state index contributed by atoms with van der Waals surface area (Å²) in [6, 6.07) is 8.14. The average molecular weight is 355 g/mol. The zero-order valence-corrected chi connectivity index (χ0v) is 13.7. The lowest BCUT2D eigenvalue weighted by molar-refractivity contribution is 0.180. The highest BCUT2D eigenvalue weighted by Gasteiger charge is 2.09. The maximum atomic E-state index is 11.8. The van der Waals surface area contributed by atoms with E-state index in [1.165, 1.54) is 10.5 Å². The molecule has 0 bridgehead atoms. The van der Waals surface area contributed by atoms with Crippen molar-refractivity contribution in [3.05, 3.63) is 56.2 Å². The molecule has 6 heteroatoms. The van der Waals surface area contributed by atoms with E-state index in [1.807, 2.05) is 12.1 Å². The molecular formula is C14H15BrN2O2S. The van der Waals surface area contributed by atoms with Gasteiger partial charge in [-0.05, 0) is 34.5 Å². The Hall–Kier alpha value is -1.11. The second-order valence-electron chi connectivity index (χ2n) is 4.26. The first kappa shape index (κ1) is 15.3. The average Bonchev–Trinajstić information content (AvgIpc) is 2.43. The van der Waals surface area contributed by atoms with Crippen molar-refractivity contribution in [3.63, 3.8) is 0 Å². The van der Waals surface area contributed by atoms with Gasteiger partial charge in [-0.3, -0.25) is 4.79 Å². The molecule has 0 aliphatic heterocycles. The quantitative estimate of drug-likeness (QED) is 0.837. The third kappa shape index (κ3) is 3.71. The predicted octanol–water partition coefficient (Wildman–Crippen LogP) is 3.28. The van der Waals surface area contributed by atoms with Crippen LogP contribution in [-0.4, -0.2) is 17.1 Å². The minimum absolute atomic E-state index is 0.174. The highest BCUT2D eigenvalue weighted by atomic mass is 79.9. The second kappa shape index (κ2) is 7.06. The highest BCUT2D eigenvalue weighted by Crippen LogP contribution is 2.24. The first-order chi connectivity index (χ1) is 9.61. The van der Waals surface area contributed by atoms with E-state index in [2.05, 4.69) is 45.0 Å². The number of ether oxygens (including phenoxy) is 1. The summed E-state index contributed by atoms with van der Waals surface area (Å²) < 4.78 is 5.48.